The zero-order valence-electron chi connectivity index (χ0n) is 15.5. The van der Waals surface area contributed by atoms with Gasteiger partial charge in [0.1, 0.15) is 0 Å². The molecular formula is C20H34BCl. The molecule has 124 valence electrons. The van der Waals surface area contributed by atoms with E-state index in [1.807, 2.05) is 0 Å². The Morgan fingerprint density at radius 3 is 1.36 bits per heavy atom. The summed E-state index contributed by atoms with van der Waals surface area (Å²) in [5.41, 5.74) is 0.897. The summed E-state index contributed by atoms with van der Waals surface area (Å²) in [5.74, 6) is 3.46. The van der Waals surface area contributed by atoms with Crippen LogP contribution in [0, 0.1) is 34.5 Å². The predicted molar refractivity (Wildman–Crippen MR) is 97.6 cm³/mol. The molecule has 0 aromatic rings. The predicted octanol–water partition coefficient (Wildman–Crippen LogP) is 6.65. The molecule has 6 aliphatic rings. The minimum absolute atomic E-state index is 0.378. The topological polar surface area (TPSA) is 0 Å². The van der Waals surface area contributed by atoms with Gasteiger partial charge in [-0.15, -0.1) is 0 Å². The Hall–Kier alpha value is 0.355. The fourth-order valence-electron chi connectivity index (χ4n) is 8.18. The van der Waals surface area contributed by atoms with Gasteiger partial charge in [-0.3, -0.25) is 0 Å². The quantitative estimate of drug-likeness (QED) is 0.500. The minimum Gasteiger partial charge on any atom is -0.194 e. The second-order valence-corrected chi connectivity index (χ2v) is 11.1. The number of hydrogen-bond donors (Lipinski definition) is 0. The maximum Gasteiger partial charge on any atom is 0.264 e. The van der Waals surface area contributed by atoms with Crippen molar-refractivity contribution in [2.75, 3.05) is 0 Å². The Balaban J connectivity index is 1.77. The van der Waals surface area contributed by atoms with E-state index in [4.69, 9.17) is 11.5 Å². The molecule has 6 aliphatic carbocycles. The smallest absolute Gasteiger partial charge is 0.194 e. The van der Waals surface area contributed by atoms with Gasteiger partial charge in [0.15, 0.2) is 0 Å². The summed E-state index contributed by atoms with van der Waals surface area (Å²) < 4.78 is 0. The zero-order chi connectivity index (χ0) is 16.1. The molecule has 0 spiro atoms. The van der Waals surface area contributed by atoms with E-state index in [-0.39, 0.29) is 0 Å². The maximum absolute atomic E-state index is 7.56. The highest BCUT2D eigenvalue weighted by Crippen LogP contribution is 2.85. The summed E-state index contributed by atoms with van der Waals surface area (Å²) in [6, 6.07) is 0. The van der Waals surface area contributed by atoms with E-state index in [0.717, 1.165) is 23.7 Å². The van der Waals surface area contributed by atoms with Crippen molar-refractivity contribution in [1.82, 2.24) is 0 Å². The number of rotatable bonds is 2. The van der Waals surface area contributed by atoms with Crippen LogP contribution in [-0.2, 0) is 0 Å². The van der Waals surface area contributed by atoms with Gasteiger partial charge in [0, 0.05) is 0 Å². The van der Waals surface area contributed by atoms with E-state index in [9.17, 15) is 0 Å². The van der Waals surface area contributed by atoms with E-state index in [2.05, 4.69) is 41.5 Å². The molecule has 0 amide bonds. The molecule has 0 aromatic heterocycles. The fourth-order valence-corrected chi connectivity index (χ4v) is 9.36. The molecular weight excluding hydrogens is 286 g/mol. The molecule has 0 saturated heterocycles. The molecule has 0 aromatic carbocycles. The van der Waals surface area contributed by atoms with Crippen molar-refractivity contribution in [3.63, 3.8) is 0 Å². The molecule has 0 N–H and O–H groups in total. The van der Waals surface area contributed by atoms with Gasteiger partial charge in [-0.1, -0.05) is 54.4 Å². The standard InChI is InChI=1S/C20H34BCl/c1-13-7-9-15-11-19(13,17(15,3)4)21(22)20-12-16(18(20,5)6)10-8-14(20)2/h13-16H,7-12H2,1-6H3. The van der Waals surface area contributed by atoms with Crippen LogP contribution >= 0.6 is 11.5 Å². The summed E-state index contributed by atoms with van der Waals surface area (Å²) >= 11 is 7.56. The van der Waals surface area contributed by atoms with Gasteiger partial charge in [-0.2, -0.15) is 11.5 Å². The van der Waals surface area contributed by atoms with Crippen LogP contribution < -0.4 is 0 Å². The molecule has 6 unspecified atom stereocenters. The molecule has 6 fully saturated rings. The summed E-state index contributed by atoms with van der Waals surface area (Å²) in [6.07, 6.45) is 8.89. The average Bonchev–Trinajstić information content (AvgIpc) is 2.45. The SMILES string of the molecule is CC1CCC2CC1(B(Cl)C13CC(CCC1C)C3(C)C)C2(C)C. The average molecular weight is 321 g/mol. The van der Waals surface area contributed by atoms with Crippen LogP contribution in [0.5, 0.6) is 0 Å². The van der Waals surface area contributed by atoms with E-state index < -0.39 is 0 Å². The van der Waals surface area contributed by atoms with Gasteiger partial charge >= 0.3 is 0 Å². The largest absolute Gasteiger partial charge is 0.264 e. The van der Waals surface area contributed by atoms with Gasteiger partial charge < -0.3 is 0 Å². The molecule has 22 heavy (non-hydrogen) atoms. The third-order valence-electron chi connectivity index (χ3n) is 10.2. The van der Waals surface area contributed by atoms with Gasteiger partial charge in [0.2, 0.25) is 0 Å². The second kappa shape index (κ2) is 4.30. The van der Waals surface area contributed by atoms with Crippen molar-refractivity contribution in [1.29, 1.82) is 0 Å². The number of halogens is 1. The molecule has 6 atom stereocenters. The molecule has 6 saturated carbocycles. The lowest BCUT2D eigenvalue weighted by atomic mass is 9.11. The van der Waals surface area contributed by atoms with Crippen LogP contribution in [0.1, 0.15) is 80.1 Å². The van der Waals surface area contributed by atoms with Crippen molar-refractivity contribution in [3.8, 4) is 0 Å². The van der Waals surface area contributed by atoms with Crippen LogP contribution in [0.25, 0.3) is 0 Å². The highest BCUT2D eigenvalue weighted by molar-refractivity contribution is 7.10. The van der Waals surface area contributed by atoms with Gasteiger partial charge in [-0.05, 0) is 70.8 Å². The summed E-state index contributed by atoms with van der Waals surface area (Å²) in [5, 5.41) is 0.788. The lowest BCUT2D eigenvalue weighted by Gasteiger charge is -2.78. The molecule has 2 heteroatoms. The molecule has 0 radical (unpaired) electrons. The summed E-state index contributed by atoms with van der Waals surface area (Å²) in [4.78, 5) is 0. The first-order valence-electron chi connectivity index (χ1n) is 9.76. The van der Waals surface area contributed by atoms with Crippen molar-refractivity contribution >= 4 is 17.6 Å². The lowest BCUT2D eigenvalue weighted by molar-refractivity contribution is -0.117. The first kappa shape index (κ1) is 15.9. The molecule has 0 heterocycles. The zero-order valence-corrected chi connectivity index (χ0v) is 16.3. The Labute approximate surface area is 143 Å². The molecule has 0 aliphatic heterocycles. The van der Waals surface area contributed by atoms with Gasteiger partial charge in [-0.25, -0.2) is 0 Å². The van der Waals surface area contributed by atoms with E-state index in [0.29, 0.717) is 27.6 Å². The summed E-state index contributed by atoms with van der Waals surface area (Å²) in [7, 11) is 0. The van der Waals surface area contributed by atoms with E-state index >= 15 is 0 Å². The number of fused-ring (bicyclic) bond motifs is 4. The fraction of sp³-hybridized carbons (Fsp3) is 1.00. The Morgan fingerprint density at radius 1 is 0.727 bits per heavy atom. The molecule has 0 nitrogen and oxygen atoms in total. The van der Waals surface area contributed by atoms with E-state index in [1.54, 1.807) is 0 Å². The minimum atomic E-state index is 0.378. The Morgan fingerprint density at radius 2 is 1.09 bits per heavy atom. The van der Waals surface area contributed by atoms with Crippen molar-refractivity contribution in [2.45, 2.75) is 90.7 Å². The second-order valence-electron chi connectivity index (χ2n) is 10.6. The monoisotopic (exact) mass is 320 g/mol. The summed E-state index contributed by atoms with van der Waals surface area (Å²) in [6.45, 7) is 15.2. The molecule has 4 bridgehead atoms. The van der Waals surface area contributed by atoms with Crippen molar-refractivity contribution < 1.29 is 0 Å². The highest BCUT2D eigenvalue weighted by atomic mass is 35.5. The van der Waals surface area contributed by atoms with Crippen LogP contribution in [0.2, 0.25) is 10.6 Å². The van der Waals surface area contributed by atoms with Crippen LogP contribution in [0.4, 0.5) is 0 Å². The Bertz CT molecular complexity index is 454. The molecule has 6 rings (SSSR count). The highest BCUT2D eigenvalue weighted by Gasteiger charge is 2.77. The van der Waals surface area contributed by atoms with Gasteiger partial charge in [0.25, 0.3) is 6.13 Å². The lowest BCUT2D eigenvalue weighted by Crippen LogP contribution is -2.71. The third-order valence-corrected chi connectivity index (χ3v) is 10.9. The third kappa shape index (κ3) is 1.38. The first-order valence-corrected chi connectivity index (χ1v) is 10.2. The van der Waals surface area contributed by atoms with Crippen LogP contribution in [-0.4, -0.2) is 6.13 Å². The normalized spacial score (nSPS) is 54.1. The van der Waals surface area contributed by atoms with Crippen LogP contribution in [0.15, 0.2) is 0 Å². The van der Waals surface area contributed by atoms with Crippen LogP contribution in [0.3, 0.4) is 0 Å². The van der Waals surface area contributed by atoms with Crippen molar-refractivity contribution in [3.05, 3.63) is 0 Å². The van der Waals surface area contributed by atoms with Gasteiger partial charge in [0.05, 0.1) is 0 Å². The maximum atomic E-state index is 7.56. The van der Waals surface area contributed by atoms with E-state index in [1.165, 1.54) is 38.5 Å². The first-order chi connectivity index (χ1) is 10.1. The Kier molecular flexibility index (Phi) is 3.10. The van der Waals surface area contributed by atoms with Crippen molar-refractivity contribution in [2.24, 2.45) is 34.5 Å². The number of hydrogen-bond acceptors (Lipinski definition) is 0.